The number of Topliss-reactive ketones (excluding diaryl/α,β-unsaturated/α-hetero) is 1. The Balaban J connectivity index is 1.41. The molecule has 0 saturated carbocycles. The van der Waals surface area contributed by atoms with Crippen LogP contribution in [0.15, 0.2) is 60.7 Å². The van der Waals surface area contributed by atoms with Gasteiger partial charge in [0.2, 0.25) is 0 Å². The lowest BCUT2D eigenvalue weighted by molar-refractivity contribution is -0.384. The van der Waals surface area contributed by atoms with Gasteiger partial charge in [0.05, 0.1) is 10.5 Å². The minimum absolute atomic E-state index is 0.281. The molecule has 7 nitrogen and oxygen atoms in total. The highest BCUT2D eigenvalue weighted by molar-refractivity contribution is 6.00. The van der Waals surface area contributed by atoms with Crippen molar-refractivity contribution in [3.05, 3.63) is 93.0 Å². The Labute approximate surface area is 197 Å². The van der Waals surface area contributed by atoms with Crippen LogP contribution in [0, 0.1) is 10.1 Å². The molecule has 1 N–H and O–H groups in total. The fourth-order valence-corrected chi connectivity index (χ4v) is 3.92. The molecule has 3 aromatic rings. The van der Waals surface area contributed by atoms with Gasteiger partial charge in [-0.3, -0.25) is 14.9 Å². The first kappa shape index (κ1) is 23.9. The van der Waals surface area contributed by atoms with E-state index in [0.29, 0.717) is 17.7 Å². The number of esters is 1. The Kier molecular flexibility index (Phi) is 6.29. The number of hydrogen-bond acceptors (Lipinski definition) is 6. The van der Waals surface area contributed by atoms with Gasteiger partial charge in [0.25, 0.3) is 5.69 Å². The number of ether oxygens (including phenoxy) is 1. The summed E-state index contributed by atoms with van der Waals surface area (Å²) >= 11 is 0. The van der Waals surface area contributed by atoms with Crippen LogP contribution in [0.1, 0.15) is 34.0 Å². The van der Waals surface area contributed by atoms with Crippen molar-refractivity contribution < 1.29 is 32.4 Å². The number of anilines is 1. The maximum atomic E-state index is 12.9. The number of benzene rings is 3. The number of rotatable bonds is 7. The highest BCUT2D eigenvalue weighted by Crippen LogP contribution is 2.37. The molecule has 0 spiro atoms. The molecule has 180 valence electrons. The third-order valence-electron chi connectivity index (χ3n) is 5.71. The molecule has 3 aromatic carbocycles. The van der Waals surface area contributed by atoms with E-state index in [2.05, 4.69) is 5.32 Å². The first-order valence-electron chi connectivity index (χ1n) is 10.6. The normalized spacial score (nSPS) is 12.9. The fourth-order valence-electron chi connectivity index (χ4n) is 3.92. The standard InChI is InChI=1S/C25H19F3N2O5/c1-14(29-21-9-8-18(25(26,27)28)12-22(21)30(33)34)24(32)35-13-23(31)17-7-6-16-10-15-4-2-3-5-19(15)20(16)11-17/h2-9,11-12,14,29H,10,13H2,1H3/t14-/m1/s1. The molecule has 0 unspecified atom stereocenters. The maximum absolute atomic E-state index is 12.9. The topological polar surface area (TPSA) is 98.5 Å². The van der Waals surface area contributed by atoms with E-state index in [4.69, 9.17) is 4.74 Å². The van der Waals surface area contributed by atoms with Crippen LogP contribution in [0.25, 0.3) is 11.1 Å². The molecule has 0 amide bonds. The summed E-state index contributed by atoms with van der Waals surface area (Å²) in [6, 6.07) is 13.9. The molecule has 35 heavy (non-hydrogen) atoms. The van der Waals surface area contributed by atoms with Crippen molar-refractivity contribution in [3.8, 4) is 11.1 Å². The third kappa shape index (κ3) is 5.01. The molecule has 1 aliphatic carbocycles. The van der Waals surface area contributed by atoms with Crippen molar-refractivity contribution in [1.29, 1.82) is 0 Å². The smallest absolute Gasteiger partial charge is 0.416 e. The Bertz CT molecular complexity index is 1340. The van der Waals surface area contributed by atoms with Gasteiger partial charge in [0.1, 0.15) is 11.7 Å². The molecular formula is C25H19F3N2O5. The second-order valence-corrected chi connectivity index (χ2v) is 8.09. The zero-order valence-corrected chi connectivity index (χ0v) is 18.4. The summed E-state index contributed by atoms with van der Waals surface area (Å²) in [7, 11) is 0. The fraction of sp³-hybridized carbons (Fsp3) is 0.200. The van der Waals surface area contributed by atoms with Gasteiger partial charge in [-0.15, -0.1) is 0 Å². The van der Waals surface area contributed by atoms with Gasteiger partial charge in [-0.1, -0.05) is 36.4 Å². The summed E-state index contributed by atoms with van der Waals surface area (Å²) in [5, 5.41) is 13.7. The average Bonchev–Trinajstić information content (AvgIpc) is 3.19. The van der Waals surface area contributed by atoms with Gasteiger partial charge in [-0.25, -0.2) is 4.79 Å². The van der Waals surface area contributed by atoms with Crippen LogP contribution in [0.3, 0.4) is 0 Å². The lowest BCUT2D eigenvalue weighted by Gasteiger charge is -2.15. The molecule has 0 bridgehead atoms. The number of fused-ring (bicyclic) bond motifs is 3. The van der Waals surface area contributed by atoms with Crippen LogP contribution in [0.5, 0.6) is 0 Å². The van der Waals surface area contributed by atoms with Crippen molar-refractivity contribution >= 4 is 23.1 Å². The molecule has 0 heterocycles. The molecule has 0 radical (unpaired) electrons. The SMILES string of the molecule is C[C@@H](Nc1ccc(C(F)(F)F)cc1[N+](=O)[O-])C(=O)OCC(=O)c1ccc2c(c1)-c1ccccc1C2. The van der Waals surface area contributed by atoms with Crippen LogP contribution in [-0.4, -0.2) is 29.3 Å². The number of nitro groups is 1. The number of nitro benzene ring substituents is 1. The second kappa shape index (κ2) is 9.21. The van der Waals surface area contributed by atoms with E-state index < -0.39 is 46.8 Å². The number of alkyl halides is 3. The molecule has 0 aromatic heterocycles. The Hall–Kier alpha value is -4.21. The number of nitrogens with one attached hydrogen (secondary N) is 1. The van der Waals surface area contributed by atoms with Gasteiger partial charge in [-0.05, 0) is 53.8 Å². The quantitative estimate of drug-likeness (QED) is 0.163. The van der Waals surface area contributed by atoms with Gasteiger partial charge >= 0.3 is 12.1 Å². The minimum Gasteiger partial charge on any atom is -0.456 e. The number of ketones is 1. The van der Waals surface area contributed by atoms with Crippen LogP contribution < -0.4 is 5.32 Å². The monoisotopic (exact) mass is 484 g/mol. The molecular weight excluding hydrogens is 465 g/mol. The zero-order chi connectivity index (χ0) is 25.3. The number of halogens is 3. The number of hydrogen-bond donors (Lipinski definition) is 1. The van der Waals surface area contributed by atoms with E-state index in [0.717, 1.165) is 34.7 Å². The lowest BCUT2D eigenvalue weighted by Crippen LogP contribution is -2.30. The highest BCUT2D eigenvalue weighted by Gasteiger charge is 2.33. The predicted octanol–water partition coefficient (Wildman–Crippen LogP) is 5.41. The molecule has 0 saturated heterocycles. The van der Waals surface area contributed by atoms with Crippen LogP contribution in [0.2, 0.25) is 0 Å². The molecule has 1 aliphatic rings. The van der Waals surface area contributed by atoms with Gasteiger partial charge in [0, 0.05) is 11.6 Å². The molecule has 4 rings (SSSR count). The second-order valence-electron chi connectivity index (χ2n) is 8.09. The average molecular weight is 484 g/mol. The van der Waals surface area contributed by atoms with Crippen molar-refractivity contribution in [2.75, 3.05) is 11.9 Å². The van der Waals surface area contributed by atoms with Crippen molar-refractivity contribution in [1.82, 2.24) is 0 Å². The minimum atomic E-state index is -4.76. The Morgan fingerprint density at radius 2 is 1.77 bits per heavy atom. The molecule has 0 aliphatic heterocycles. The largest absolute Gasteiger partial charge is 0.456 e. The summed E-state index contributed by atoms with van der Waals surface area (Å²) in [6.45, 7) is 0.765. The van der Waals surface area contributed by atoms with E-state index in [1.807, 2.05) is 30.3 Å². The van der Waals surface area contributed by atoms with E-state index in [-0.39, 0.29) is 5.69 Å². The first-order valence-corrected chi connectivity index (χ1v) is 10.6. The molecule has 1 atom stereocenters. The van der Waals surface area contributed by atoms with Crippen molar-refractivity contribution in [2.45, 2.75) is 25.6 Å². The lowest BCUT2D eigenvalue weighted by atomic mass is 10.0. The van der Waals surface area contributed by atoms with Gasteiger partial charge in [-0.2, -0.15) is 13.2 Å². The van der Waals surface area contributed by atoms with E-state index in [1.54, 1.807) is 12.1 Å². The molecule has 0 fully saturated rings. The zero-order valence-electron chi connectivity index (χ0n) is 18.4. The van der Waals surface area contributed by atoms with Crippen molar-refractivity contribution in [3.63, 3.8) is 0 Å². The van der Waals surface area contributed by atoms with Gasteiger partial charge < -0.3 is 10.1 Å². The third-order valence-corrected chi connectivity index (χ3v) is 5.71. The summed E-state index contributed by atoms with van der Waals surface area (Å²) < 4.78 is 43.7. The van der Waals surface area contributed by atoms with Crippen molar-refractivity contribution in [2.24, 2.45) is 0 Å². The number of carbonyl (C=O) groups excluding carboxylic acids is 2. The predicted molar refractivity (Wildman–Crippen MR) is 121 cm³/mol. The summed E-state index contributed by atoms with van der Waals surface area (Å²) in [5.74, 6) is -1.32. The van der Waals surface area contributed by atoms with E-state index >= 15 is 0 Å². The van der Waals surface area contributed by atoms with Gasteiger partial charge in [0.15, 0.2) is 12.4 Å². The molecule has 10 heteroatoms. The van der Waals surface area contributed by atoms with Crippen LogP contribution in [0.4, 0.5) is 24.5 Å². The number of nitrogens with zero attached hydrogens (tertiary/aromatic N) is 1. The Morgan fingerprint density at radius 1 is 1.06 bits per heavy atom. The summed E-state index contributed by atoms with van der Waals surface area (Å²) in [5.41, 5.74) is 2.31. The van der Waals surface area contributed by atoms with Crippen LogP contribution in [-0.2, 0) is 22.1 Å². The maximum Gasteiger partial charge on any atom is 0.416 e. The summed E-state index contributed by atoms with van der Waals surface area (Å²) in [4.78, 5) is 35.2. The number of carbonyl (C=O) groups is 2. The van der Waals surface area contributed by atoms with E-state index in [1.165, 1.54) is 6.92 Å². The Morgan fingerprint density at radius 3 is 2.49 bits per heavy atom. The van der Waals surface area contributed by atoms with E-state index in [9.17, 15) is 32.9 Å². The highest BCUT2D eigenvalue weighted by atomic mass is 19.4. The van der Waals surface area contributed by atoms with Crippen LogP contribution >= 0.6 is 0 Å². The summed E-state index contributed by atoms with van der Waals surface area (Å²) in [6.07, 6.45) is -3.98. The first-order chi connectivity index (χ1) is 16.5.